The number of rotatable bonds is 6. The van der Waals surface area contributed by atoms with Crippen molar-refractivity contribution in [1.29, 1.82) is 0 Å². The van der Waals surface area contributed by atoms with Gasteiger partial charge in [-0.05, 0) is 24.3 Å². The van der Waals surface area contributed by atoms with E-state index in [-0.39, 0.29) is 24.9 Å². The van der Waals surface area contributed by atoms with Gasteiger partial charge in [0, 0.05) is 38.6 Å². The molecule has 0 aliphatic carbocycles. The molecule has 2 amide bonds. The van der Waals surface area contributed by atoms with E-state index in [0.29, 0.717) is 49.1 Å². The Morgan fingerprint density at radius 2 is 1.22 bits per heavy atom. The lowest BCUT2D eigenvalue weighted by molar-refractivity contribution is -0.120. The molecule has 0 bridgehead atoms. The molecule has 0 radical (unpaired) electrons. The van der Waals surface area contributed by atoms with Gasteiger partial charge in [0.05, 0.1) is 23.9 Å². The number of nitrogens with one attached hydrogen (secondary N) is 4. The van der Waals surface area contributed by atoms with Crippen LogP contribution in [0.5, 0.6) is 0 Å². The molecule has 1 aliphatic rings. The highest BCUT2D eigenvalue weighted by molar-refractivity contribution is 6.00. The van der Waals surface area contributed by atoms with Crippen LogP contribution in [0.4, 0.5) is 11.6 Å². The first kappa shape index (κ1) is 20.0. The Labute approximate surface area is 182 Å². The van der Waals surface area contributed by atoms with E-state index in [2.05, 4.69) is 50.8 Å². The van der Waals surface area contributed by atoms with E-state index in [0.717, 1.165) is 10.8 Å². The number of amides is 2. The Morgan fingerprint density at radius 3 is 1.66 bits per heavy atom. The molecule has 12 nitrogen and oxygen atoms in total. The number of H-pyrrole nitrogens is 2. The smallest absolute Gasteiger partial charge is 0.239 e. The zero-order valence-electron chi connectivity index (χ0n) is 17.2. The molecule has 0 spiro atoms. The molecule has 12 heteroatoms. The fraction of sp³-hybridized carbons (Fsp3) is 0.300. The van der Waals surface area contributed by atoms with Crippen molar-refractivity contribution >= 4 is 45.5 Å². The Kier molecular flexibility index (Phi) is 5.44. The summed E-state index contributed by atoms with van der Waals surface area (Å²) in [6.07, 6.45) is 3.31. The Balaban J connectivity index is 1.08. The minimum Gasteiger partial charge on any atom is -0.309 e. The lowest BCUT2D eigenvalue weighted by atomic mass is 10.3. The van der Waals surface area contributed by atoms with Gasteiger partial charge in [-0.25, -0.2) is 9.97 Å². The van der Waals surface area contributed by atoms with Crippen molar-refractivity contribution in [3.8, 4) is 0 Å². The lowest BCUT2D eigenvalue weighted by Crippen LogP contribution is -2.50. The monoisotopic (exact) mass is 434 g/mol. The summed E-state index contributed by atoms with van der Waals surface area (Å²) in [7, 11) is 0. The normalized spacial score (nSPS) is 15.2. The highest BCUT2D eigenvalue weighted by Crippen LogP contribution is 2.18. The third-order valence-electron chi connectivity index (χ3n) is 5.39. The number of hydrogen-bond acceptors (Lipinski definition) is 8. The molecular weight excluding hydrogens is 412 g/mol. The highest BCUT2D eigenvalue weighted by atomic mass is 16.2. The van der Waals surface area contributed by atoms with Gasteiger partial charge in [0.25, 0.3) is 0 Å². The number of piperazine rings is 1. The standard InChI is InChI=1S/C20H22N10O2/c31-15(23-19-13-3-1-5-21-17(13)25-27-19)11-29-7-9-30(10-8-29)12-16(32)24-20-14-4-2-6-22-18(14)26-28-20/h1-6H,7-12H2,(H2,21,23,25,27,31)(H2,22,24,26,28,32). The van der Waals surface area contributed by atoms with E-state index < -0.39 is 0 Å². The minimum absolute atomic E-state index is 0.120. The first-order valence-corrected chi connectivity index (χ1v) is 10.3. The Morgan fingerprint density at radius 1 is 0.781 bits per heavy atom. The topological polar surface area (TPSA) is 148 Å². The summed E-state index contributed by atoms with van der Waals surface area (Å²) < 4.78 is 0. The molecule has 5 rings (SSSR count). The lowest BCUT2D eigenvalue weighted by Gasteiger charge is -2.33. The van der Waals surface area contributed by atoms with E-state index in [1.54, 1.807) is 24.5 Å². The predicted octanol–water partition coefficient (Wildman–Crippen LogP) is 0.424. The molecule has 0 unspecified atom stereocenters. The number of carbonyl (C=O) groups excluding carboxylic acids is 2. The summed E-state index contributed by atoms with van der Waals surface area (Å²) >= 11 is 0. The van der Waals surface area contributed by atoms with Gasteiger partial charge >= 0.3 is 0 Å². The van der Waals surface area contributed by atoms with Gasteiger partial charge in [-0.1, -0.05) is 0 Å². The predicted molar refractivity (Wildman–Crippen MR) is 118 cm³/mol. The van der Waals surface area contributed by atoms with Gasteiger partial charge in [0.15, 0.2) is 11.3 Å². The van der Waals surface area contributed by atoms with Gasteiger partial charge in [-0.3, -0.25) is 29.6 Å². The molecule has 0 saturated carbocycles. The van der Waals surface area contributed by atoms with Gasteiger partial charge < -0.3 is 10.6 Å². The number of aromatic nitrogens is 6. The van der Waals surface area contributed by atoms with Crippen molar-refractivity contribution in [3.63, 3.8) is 0 Å². The highest BCUT2D eigenvalue weighted by Gasteiger charge is 2.21. The Bertz CT molecular complexity index is 1160. The fourth-order valence-corrected chi connectivity index (χ4v) is 3.76. The van der Waals surface area contributed by atoms with Gasteiger partial charge in [-0.15, -0.1) is 0 Å². The summed E-state index contributed by atoms with van der Waals surface area (Å²) in [6.45, 7) is 3.33. The fourth-order valence-electron chi connectivity index (χ4n) is 3.76. The van der Waals surface area contributed by atoms with Crippen LogP contribution in [0.15, 0.2) is 36.7 Å². The van der Waals surface area contributed by atoms with Crippen LogP contribution in [0.2, 0.25) is 0 Å². The van der Waals surface area contributed by atoms with Crippen LogP contribution in [0.1, 0.15) is 0 Å². The first-order chi connectivity index (χ1) is 15.7. The summed E-state index contributed by atoms with van der Waals surface area (Å²) in [4.78, 5) is 37.3. The van der Waals surface area contributed by atoms with Crippen LogP contribution in [0, 0.1) is 0 Å². The van der Waals surface area contributed by atoms with Crippen molar-refractivity contribution in [3.05, 3.63) is 36.7 Å². The van der Waals surface area contributed by atoms with E-state index >= 15 is 0 Å². The van der Waals surface area contributed by atoms with Crippen LogP contribution in [-0.2, 0) is 9.59 Å². The second kappa shape index (κ2) is 8.69. The molecule has 5 heterocycles. The van der Waals surface area contributed by atoms with Crippen molar-refractivity contribution in [2.75, 3.05) is 49.9 Å². The summed E-state index contributed by atoms with van der Waals surface area (Å²) in [5, 5.41) is 21.1. The van der Waals surface area contributed by atoms with Crippen LogP contribution in [0.25, 0.3) is 22.1 Å². The number of hydrogen-bond donors (Lipinski definition) is 4. The number of pyridine rings is 2. The second-order valence-electron chi connectivity index (χ2n) is 7.60. The summed E-state index contributed by atoms with van der Waals surface area (Å²) in [5.74, 6) is 0.862. The second-order valence-corrected chi connectivity index (χ2v) is 7.60. The molecule has 0 aromatic carbocycles. The number of aromatic amines is 2. The molecule has 1 saturated heterocycles. The first-order valence-electron chi connectivity index (χ1n) is 10.3. The van der Waals surface area contributed by atoms with Crippen LogP contribution in [-0.4, -0.2) is 91.2 Å². The van der Waals surface area contributed by atoms with E-state index in [4.69, 9.17) is 0 Å². The van der Waals surface area contributed by atoms with Gasteiger partial charge in [-0.2, -0.15) is 10.2 Å². The molecule has 1 fully saturated rings. The van der Waals surface area contributed by atoms with Crippen LogP contribution < -0.4 is 10.6 Å². The maximum Gasteiger partial charge on any atom is 0.239 e. The maximum atomic E-state index is 12.5. The minimum atomic E-state index is -0.120. The zero-order valence-corrected chi connectivity index (χ0v) is 17.2. The van der Waals surface area contributed by atoms with E-state index in [1.165, 1.54) is 0 Å². The van der Waals surface area contributed by atoms with Crippen LogP contribution in [0.3, 0.4) is 0 Å². The summed E-state index contributed by atoms with van der Waals surface area (Å²) in [5.41, 5.74) is 1.13. The number of fused-ring (bicyclic) bond motifs is 2. The Hall–Kier alpha value is -3.90. The molecule has 4 aromatic heterocycles. The molecule has 164 valence electrons. The largest absolute Gasteiger partial charge is 0.309 e. The molecule has 1 aliphatic heterocycles. The zero-order chi connectivity index (χ0) is 21.9. The van der Waals surface area contributed by atoms with Crippen molar-refractivity contribution in [2.45, 2.75) is 0 Å². The van der Waals surface area contributed by atoms with Gasteiger partial charge in [0.2, 0.25) is 11.8 Å². The van der Waals surface area contributed by atoms with Crippen molar-refractivity contribution < 1.29 is 9.59 Å². The van der Waals surface area contributed by atoms with Crippen molar-refractivity contribution in [2.24, 2.45) is 0 Å². The quantitative estimate of drug-likeness (QED) is 0.341. The molecular formula is C20H22N10O2. The summed E-state index contributed by atoms with van der Waals surface area (Å²) in [6, 6.07) is 7.31. The average molecular weight is 434 g/mol. The molecule has 4 aromatic rings. The van der Waals surface area contributed by atoms with Crippen LogP contribution >= 0.6 is 0 Å². The molecule has 32 heavy (non-hydrogen) atoms. The molecule has 0 atom stereocenters. The number of nitrogens with zero attached hydrogens (tertiary/aromatic N) is 6. The third-order valence-corrected chi connectivity index (χ3v) is 5.39. The van der Waals surface area contributed by atoms with E-state index in [1.807, 2.05) is 12.1 Å². The third kappa shape index (κ3) is 4.26. The SMILES string of the molecule is O=C(CN1CCN(CC(=O)Nc2[nH]nc3ncccc23)CC1)Nc1[nH]nc2ncccc12. The van der Waals surface area contributed by atoms with E-state index in [9.17, 15) is 9.59 Å². The maximum absolute atomic E-state index is 12.5. The number of carbonyl (C=O) groups is 2. The van der Waals surface area contributed by atoms with Crippen molar-refractivity contribution in [1.82, 2.24) is 40.2 Å². The number of anilines is 2. The molecule has 4 N–H and O–H groups in total. The van der Waals surface area contributed by atoms with Gasteiger partial charge in [0.1, 0.15) is 11.6 Å². The average Bonchev–Trinajstić information content (AvgIpc) is 3.40.